The molecular weight excluding hydrogens is 224 g/mol. The fraction of sp³-hybridized carbons (Fsp3) is 1.00. The van der Waals surface area contributed by atoms with Gasteiger partial charge in [0, 0.05) is 19.2 Å². The molecule has 0 spiro atoms. The molecule has 3 nitrogen and oxygen atoms in total. The van der Waals surface area contributed by atoms with Gasteiger partial charge in [0.15, 0.2) is 0 Å². The number of aliphatic hydroxyl groups excluding tert-OH is 1. The lowest BCUT2D eigenvalue weighted by Gasteiger charge is -2.36. The fourth-order valence-corrected chi connectivity index (χ4v) is 3.44. The van der Waals surface area contributed by atoms with Gasteiger partial charge < -0.3 is 10.0 Å². The summed E-state index contributed by atoms with van der Waals surface area (Å²) in [6, 6.07) is 0.795. The second-order valence-corrected chi connectivity index (χ2v) is 6.11. The topological polar surface area (TPSA) is 26.7 Å². The van der Waals surface area contributed by atoms with Crippen LogP contribution < -0.4 is 0 Å². The second kappa shape index (κ2) is 7.46. The molecule has 2 heterocycles. The zero-order valence-electron chi connectivity index (χ0n) is 12.0. The molecule has 3 heteroatoms. The third-order valence-electron chi connectivity index (χ3n) is 4.73. The molecule has 0 aromatic rings. The van der Waals surface area contributed by atoms with Crippen molar-refractivity contribution >= 4 is 0 Å². The SMILES string of the molecule is CCCCCN1CCC(N2CCC(CO)C2)CC1. The van der Waals surface area contributed by atoms with Crippen molar-refractivity contribution in [1.29, 1.82) is 0 Å². The monoisotopic (exact) mass is 254 g/mol. The molecule has 0 saturated carbocycles. The highest BCUT2D eigenvalue weighted by atomic mass is 16.3. The van der Waals surface area contributed by atoms with E-state index in [0.717, 1.165) is 12.6 Å². The molecule has 2 aliphatic heterocycles. The number of likely N-dealkylation sites (tertiary alicyclic amines) is 2. The Kier molecular flexibility index (Phi) is 5.93. The van der Waals surface area contributed by atoms with E-state index in [2.05, 4.69) is 16.7 Å². The summed E-state index contributed by atoms with van der Waals surface area (Å²) in [5.41, 5.74) is 0. The van der Waals surface area contributed by atoms with Gasteiger partial charge in [0.25, 0.3) is 0 Å². The van der Waals surface area contributed by atoms with Crippen LogP contribution in [-0.4, -0.2) is 60.3 Å². The van der Waals surface area contributed by atoms with Gasteiger partial charge in [-0.05, 0) is 57.8 Å². The Labute approximate surface area is 112 Å². The van der Waals surface area contributed by atoms with Gasteiger partial charge in [0.2, 0.25) is 0 Å². The average molecular weight is 254 g/mol. The maximum Gasteiger partial charge on any atom is 0.0471 e. The van der Waals surface area contributed by atoms with Gasteiger partial charge in [-0.2, -0.15) is 0 Å². The predicted octanol–water partition coefficient (Wildman–Crippen LogP) is 1.96. The molecule has 2 fully saturated rings. The van der Waals surface area contributed by atoms with Crippen LogP contribution in [0.2, 0.25) is 0 Å². The van der Waals surface area contributed by atoms with Gasteiger partial charge in [-0.15, -0.1) is 0 Å². The van der Waals surface area contributed by atoms with Crippen molar-refractivity contribution in [2.75, 3.05) is 39.3 Å². The van der Waals surface area contributed by atoms with E-state index in [1.165, 1.54) is 64.7 Å². The highest BCUT2D eigenvalue weighted by molar-refractivity contribution is 4.85. The van der Waals surface area contributed by atoms with Crippen molar-refractivity contribution in [1.82, 2.24) is 9.80 Å². The van der Waals surface area contributed by atoms with Crippen molar-refractivity contribution in [2.45, 2.75) is 51.5 Å². The third kappa shape index (κ3) is 3.94. The van der Waals surface area contributed by atoms with Crippen molar-refractivity contribution in [3.63, 3.8) is 0 Å². The molecule has 0 radical (unpaired) electrons. The van der Waals surface area contributed by atoms with E-state index in [1.807, 2.05) is 0 Å². The van der Waals surface area contributed by atoms with Crippen molar-refractivity contribution < 1.29 is 5.11 Å². The van der Waals surface area contributed by atoms with Crippen molar-refractivity contribution in [3.05, 3.63) is 0 Å². The number of hydrogen-bond acceptors (Lipinski definition) is 3. The van der Waals surface area contributed by atoms with E-state index in [0.29, 0.717) is 12.5 Å². The van der Waals surface area contributed by atoms with Gasteiger partial charge >= 0.3 is 0 Å². The predicted molar refractivity (Wildman–Crippen MR) is 75.8 cm³/mol. The van der Waals surface area contributed by atoms with Gasteiger partial charge in [-0.3, -0.25) is 4.90 Å². The molecule has 0 aromatic carbocycles. The number of unbranched alkanes of at least 4 members (excludes halogenated alkanes) is 2. The first-order chi connectivity index (χ1) is 8.83. The number of aliphatic hydroxyl groups is 1. The molecular formula is C15H30N2O. The molecule has 1 unspecified atom stereocenters. The number of hydrogen-bond donors (Lipinski definition) is 1. The fourth-order valence-electron chi connectivity index (χ4n) is 3.44. The normalized spacial score (nSPS) is 28.0. The van der Waals surface area contributed by atoms with Crippen molar-refractivity contribution in [2.24, 2.45) is 5.92 Å². The zero-order valence-corrected chi connectivity index (χ0v) is 12.0. The number of piperidine rings is 1. The second-order valence-electron chi connectivity index (χ2n) is 6.11. The maximum atomic E-state index is 9.21. The molecule has 18 heavy (non-hydrogen) atoms. The standard InChI is InChI=1S/C15H30N2O/c1-2-3-4-8-16-9-6-15(7-10-16)17-11-5-14(12-17)13-18/h14-15,18H,2-13H2,1H3. The highest BCUT2D eigenvalue weighted by Gasteiger charge is 2.29. The summed E-state index contributed by atoms with van der Waals surface area (Å²) in [4.78, 5) is 5.27. The van der Waals surface area contributed by atoms with Crippen molar-refractivity contribution in [3.8, 4) is 0 Å². The summed E-state index contributed by atoms with van der Waals surface area (Å²) in [5, 5.41) is 9.21. The van der Waals surface area contributed by atoms with E-state index in [9.17, 15) is 5.11 Å². The van der Waals surface area contributed by atoms with E-state index in [4.69, 9.17) is 0 Å². The van der Waals surface area contributed by atoms with Crippen LogP contribution in [0.3, 0.4) is 0 Å². The van der Waals surface area contributed by atoms with Crippen LogP contribution in [0, 0.1) is 5.92 Å². The van der Waals surface area contributed by atoms with E-state index in [-0.39, 0.29) is 0 Å². The summed E-state index contributed by atoms with van der Waals surface area (Å²) in [5.74, 6) is 0.549. The molecule has 106 valence electrons. The lowest BCUT2D eigenvalue weighted by atomic mass is 10.0. The van der Waals surface area contributed by atoms with E-state index < -0.39 is 0 Å². The first kappa shape index (κ1) is 14.3. The minimum atomic E-state index is 0.381. The Morgan fingerprint density at radius 3 is 2.44 bits per heavy atom. The average Bonchev–Trinajstić information content (AvgIpc) is 2.89. The minimum Gasteiger partial charge on any atom is -0.396 e. The third-order valence-corrected chi connectivity index (χ3v) is 4.73. The van der Waals surface area contributed by atoms with Crippen LogP contribution in [0.15, 0.2) is 0 Å². The van der Waals surface area contributed by atoms with Crippen LogP contribution in [0.1, 0.15) is 45.4 Å². The molecule has 0 bridgehead atoms. The summed E-state index contributed by atoms with van der Waals surface area (Å²) in [6.45, 7) is 8.88. The number of rotatable bonds is 6. The van der Waals surface area contributed by atoms with Gasteiger partial charge in [-0.25, -0.2) is 0 Å². The summed E-state index contributed by atoms with van der Waals surface area (Å²) >= 11 is 0. The van der Waals surface area contributed by atoms with Crippen LogP contribution in [0.4, 0.5) is 0 Å². The Morgan fingerprint density at radius 1 is 1.06 bits per heavy atom. The van der Waals surface area contributed by atoms with Crippen LogP contribution in [0.25, 0.3) is 0 Å². The molecule has 2 rings (SSSR count). The van der Waals surface area contributed by atoms with Gasteiger partial charge in [0.1, 0.15) is 0 Å². The smallest absolute Gasteiger partial charge is 0.0471 e. The zero-order chi connectivity index (χ0) is 12.8. The molecule has 0 aromatic heterocycles. The van der Waals surface area contributed by atoms with Crippen LogP contribution in [0.5, 0.6) is 0 Å². The minimum absolute atomic E-state index is 0.381. The molecule has 0 aliphatic carbocycles. The van der Waals surface area contributed by atoms with Gasteiger partial charge in [-0.1, -0.05) is 19.8 Å². The maximum absolute atomic E-state index is 9.21. The molecule has 2 aliphatic rings. The Bertz CT molecular complexity index is 227. The molecule has 1 N–H and O–H groups in total. The first-order valence-electron chi connectivity index (χ1n) is 7.90. The van der Waals surface area contributed by atoms with Crippen LogP contribution >= 0.6 is 0 Å². The Morgan fingerprint density at radius 2 is 1.83 bits per heavy atom. The Balaban J connectivity index is 1.64. The summed E-state index contributed by atoms with van der Waals surface area (Å²) in [7, 11) is 0. The Hall–Kier alpha value is -0.120. The molecule has 0 amide bonds. The lowest BCUT2D eigenvalue weighted by molar-refractivity contribution is 0.118. The summed E-state index contributed by atoms with van der Waals surface area (Å²) < 4.78 is 0. The molecule has 2 saturated heterocycles. The largest absolute Gasteiger partial charge is 0.396 e. The number of nitrogens with zero attached hydrogens (tertiary/aromatic N) is 2. The van der Waals surface area contributed by atoms with Crippen LogP contribution in [-0.2, 0) is 0 Å². The van der Waals surface area contributed by atoms with E-state index >= 15 is 0 Å². The highest BCUT2D eigenvalue weighted by Crippen LogP contribution is 2.24. The quantitative estimate of drug-likeness (QED) is 0.734. The first-order valence-corrected chi connectivity index (χ1v) is 7.90. The lowest BCUT2D eigenvalue weighted by Crippen LogP contribution is -2.44. The van der Waals surface area contributed by atoms with E-state index in [1.54, 1.807) is 0 Å². The molecule has 1 atom stereocenters. The van der Waals surface area contributed by atoms with Gasteiger partial charge in [0.05, 0.1) is 0 Å². The summed E-state index contributed by atoms with van der Waals surface area (Å²) in [6.07, 6.45) is 7.95.